The van der Waals surface area contributed by atoms with E-state index in [1.54, 1.807) is 76.8 Å². The Hall–Kier alpha value is -7.95. The van der Waals surface area contributed by atoms with Crippen LogP contribution < -0.4 is 21.8 Å². The molecule has 2 aromatic carbocycles. The maximum atomic E-state index is 13.5. The third-order valence-corrected chi connectivity index (χ3v) is 12.9. The third kappa shape index (κ3) is 13.4. The van der Waals surface area contributed by atoms with Crippen LogP contribution in [-0.4, -0.2) is 120 Å². The fourth-order valence-electron chi connectivity index (χ4n) is 8.53. The van der Waals surface area contributed by atoms with Crippen LogP contribution in [-0.2, 0) is 48.2 Å². The van der Waals surface area contributed by atoms with E-state index in [2.05, 4.69) is 84.4 Å². The van der Waals surface area contributed by atoms with Gasteiger partial charge < -0.3 is 20.4 Å². The van der Waals surface area contributed by atoms with Gasteiger partial charge in [-0.05, 0) is 92.0 Å². The molecule has 0 bridgehead atoms. The number of alkyl halides is 1. The first-order valence-electron chi connectivity index (χ1n) is 23.4. The number of benzene rings is 2. The van der Waals surface area contributed by atoms with Crippen LogP contribution in [0.25, 0.3) is 22.1 Å². The van der Waals surface area contributed by atoms with E-state index in [0.29, 0.717) is 64.8 Å². The number of halogens is 3. The number of aromatic amines is 1. The number of aromatic nitrogens is 12. The second-order valence-corrected chi connectivity index (χ2v) is 20.7. The van der Waals surface area contributed by atoms with Gasteiger partial charge in [-0.1, -0.05) is 80.4 Å². The van der Waals surface area contributed by atoms with E-state index in [4.69, 9.17) is 34.8 Å². The minimum Gasteiger partial charge on any atom is -0.348 e. The Balaban J connectivity index is 0.000000183. The molecule has 8 heterocycles. The molecular weight excluding hydrogens is 1030 g/mol. The summed E-state index contributed by atoms with van der Waals surface area (Å²) < 4.78 is 4.09. The summed E-state index contributed by atoms with van der Waals surface area (Å²) in [5.74, 6) is -1.21. The fourth-order valence-corrected chi connectivity index (χ4v) is 8.92. The van der Waals surface area contributed by atoms with Crippen LogP contribution in [0.3, 0.4) is 0 Å². The van der Waals surface area contributed by atoms with Crippen LogP contribution in [0.2, 0.25) is 10.0 Å². The van der Waals surface area contributed by atoms with E-state index < -0.39 is 22.9 Å². The summed E-state index contributed by atoms with van der Waals surface area (Å²) in [6, 6.07) is 20.7. The molecule has 0 atom stereocenters. The van der Waals surface area contributed by atoms with Crippen molar-refractivity contribution in [3.8, 4) is 0 Å². The number of fused-ring (bicyclic) bond motifs is 2. The lowest BCUT2D eigenvalue weighted by molar-refractivity contribution is -0.142. The van der Waals surface area contributed by atoms with Gasteiger partial charge in [0.25, 0.3) is 22.9 Å². The molecule has 6 aromatic heterocycles. The molecule has 75 heavy (non-hydrogen) atoms. The summed E-state index contributed by atoms with van der Waals surface area (Å²) in [6.45, 7) is 11.2. The smallest absolute Gasteiger partial charge is 0.265 e. The minimum absolute atomic E-state index is 0.0510. The lowest BCUT2D eigenvalue weighted by Crippen LogP contribution is -2.56. The van der Waals surface area contributed by atoms with E-state index in [-0.39, 0.29) is 65.8 Å². The summed E-state index contributed by atoms with van der Waals surface area (Å²) in [5, 5.41) is 31.2. The summed E-state index contributed by atoms with van der Waals surface area (Å²) in [5.41, 5.74) is 2.73. The minimum atomic E-state index is -0.574. The lowest BCUT2D eigenvalue weighted by Gasteiger charge is -2.45. The molecular formula is C50H51Cl3N16O6. The van der Waals surface area contributed by atoms with E-state index in [0.717, 1.165) is 22.3 Å². The first-order chi connectivity index (χ1) is 35.8. The number of hydrogen-bond donors (Lipinski definition) is 3. The van der Waals surface area contributed by atoms with Crippen LogP contribution in [0.4, 0.5) is 0 Å². The van der Waals surface area contributed by atoms with Crippen LogP contribution in [0.15, 0.2) is 107 Å². The molecule has 0 spiro atoms. The van der Waals surface area contributed by atoms with Gasteiger partial charge in [0.05, 0.1) is 6.54 Å². The molecule has 0 unspecified atom stereocenters. The van der Waals surface area contributed by atoms with Crippen molar-refractivity contribution in [1.82, 2.24) is 80.4 Å². The third-order valence-electron chi connectivity index (χ3n) is 12.1. The highest BCUT2D eigenvalue weighted by atomic mass is 35.5. The molecule has 10 rings (SSSR count). The van der Waals surface area contributed by atoms with E-state index in [1.165, 1.54) is 38.6 Å². The monoisotopic (exact) mass is 1080 g/mol. The number of carbonyl (C=O) groups excluding carboxylic acids is 4. The van der Waals surface area contributed by atoms with Gasteiger partial charge in [-0.3, -0.25) is 37.9 Å². The molecule has 25 heteroatoms. The number of carbonyl (C=O) groups is 4. The Bertz CT molecular complexity index is 3440. The molecule has 8 aromatic rings. The second-order valence-electron chi connectivity index (χ2n) is 19.6. The summed E-state index contributed by atoms with van der Waals surface area (Å²) in [7, 11) is 0. The molecule has 0 aliphatic carbocycles. The van der Waals surface area contributed by atoms with Crippen molar-refractivity contribution < 1.29 is 19.2 Å². The maximum Gasteiger partial charge on any atom is 0.265 e. The number of pyridine rings is 4. The van der Waals surface area contributed by atoms with Gasteiger partial charge >= 0.3 is 0 Å². The maximum absolute atomic E-state index is 13.5. The zero-order chi connectivity index (χ0) is 53.4. The van der Waals surface area contributed by atoms with Crippen molar-refractivity contribution in [2.24, 2.45) is 10.8 Å². The molecule has 388 valence electrons. The Morgan fingerprint density at radius 1 is 0.640 bits per heavy atom. The van der Waals surface area contributed by atoms with Gasteiger partial charge in [0.1, 0.15) is 41.8 Å². The Kier molecular flexibility index (Phi) is 16.4. The molecule has 3 N–H and O–H groups in total. The fraction of sp³-hybridized carbons (Fsp3) is 0.320. The number of amides is 4. The number of tetrazole rings is 2. The quantitative estimate of drug-likeness (QED) is 0.133. The molecule has 2 saturated heterocycles. The first kappa shape index (κ1) is 53.3. The molecule has 4 amide bonds. The summed E-state index contributed by atoms with van der Waals surface area (Å²) in [4.78, 5) is 90.8. The van der Waals surface area contributed by atoms with Gasteiger partial charge in [0.2, 0.25) is 11.8 Å². The predicted molar refractivity (Wildman–Crippen MR) is 279 cm³/mol. The Morgan fingerprint density at radius 2 is 1.11 bits per heavy atom. The van der Waals surface area contributed by atoms with Gasteiger partial charge in [0, 0.05) is 78.4 Å². The largest absolute Gasteiger partial charge is 0.348 e. The van der Waals surface area contributed by atoms with E-state index in [1.807, 2.05) is 6.07 Å². The highest BCUT2D eigenvalue weighted by Crippen LogP contribution is 2.30. The zero-order valence-electron chi connectivity index (χ0n) is 41.2. The van der Waals surface area contributed by atoms with Gasteiger partial charge in [0.15, 0.2) is 6.33 Å². The van der Waals surface area contributed by atoms with Gasteiger partial charge in [-0.2, -0.15) is 5.21 Å². The zero-order valence-corrected chi connectivity index (χ0v) is 43.5. The van der Waals surface area contributed by atoms with E-state index in [9.17, 15) is 28.8 Å². The highest BCUT2D eigenvalue weighted by Gasteiger charge is 2.38. The summed E-state index contributed by atoms with van der Waals surface area (Å²) in [6.07, 6.45) is 5.99. The van der Waals surface area contributed by atoms with Crippen molar-refractivity contribution in [2.45, 2.75) is 66.3 Å². The average molecular weight is 1080 g/mol. The van der Waals surface area contributed by atoms with Crippen molar-refractivity contribution in [3.05, 3.63) is 162 Å². The standard InChI is InChI=1S/C25H25ClN8O3.C24H24Cl2N4O3.CH2N4/c1-25(2)13-32(14-25)21(35)12-34-22-18(7-17(10-27-22)11-33-15-29-30-31-33)8-20(24(34)37)23(36)28-9-16-3-5-19(26)6-4-16;1-24(2)13-29(14-24)20(31)12-30-21-17(7-16(9-25)11-27-21)8-19(23(30)33)22(32)28-10-15-3-5-18(26)6-4-15;1-2-4-5-3-1/h3-8,10,15H,9,11-14H2,1-2H3,(H,28,36);3-8,11H,9-10,12-14H2,1-2H3,(H,28,32);1H,(H,2,3,4,5). The van der Waals surface area contributed by atoms with Crippen molar-refractivity contribution >= 4 is 80.5 Å². The second kappa shape index (κ2) is 23.1. The number of rotatable bonds is 13. The predicted octanol–water partition coefficient (Wildman–Crippen LogP) is 4.67. The molecule has 2 aliphatic heterocycles. The topological polar surface area (TPSA) is 267 Å². The first-order valence-corrected chi connectivity index (χ1v) is 24.7. The normalized spacial score (nSPS) is 14.1. The summed E-state index contributed by atoms with van der Waals surface area (Å²) >= 11 is 17.8. The molecule has 0 radical (unpaired) electrons. The number of nitrogens with zero attached hydrogens (tertiary/aromatic N) is 13. The van der Waals surface area contributed by atoms with Crippen molar-refractivity contribution in [1.29, 1.82) is 0 Å². The molecule has 2 aliphatic rings. The Morgan fingerprint density at radius 3 is 1.49 bits per heavy atom. The van der Waals surface area contributed by atoms with Crippen molar-refractivity contribution in [2.75, 3.05) is 26.2 Å². The SMILES string of the molecule is CC1(C)CN(C(=O)Cn2c(=O)c(C(=O)NCc3ccc(Cl)cc3)cc3cc(CCl)cnc32)C1.CC1(C)CN(C(=O)Cn2c(=O)c(C(=O)NCc3ccc(Cl)cc3)cc3cc(Cn4cnnn4)cnc32)C1.c1nn[nH]n1. The molecule has 22 nitrogen and oxygen atoms in total. The van der Waals surface area contributed by atoms with E-state index >= 15 is 0 Å². The van der Waals surface area contributed by atoms with Crippen LogP contribution in [0, 0.1) is 10.8 Å². The van der Waals surface area contributed by atoms with Crippen LogP contribution in [0.1, 0.15) is 70.7 Å². The lowest BCUT2D eigenvalue weighted by atomic mass is 9.84. The number of nitrogens with one attached hydrogen (secondary N) is 3. The number of likely N-dealkylation sites (tertiary alicyclic amines) is 2. The van der Waals surface area contributed by atoms with Crippen molar-refractivity contribution in [3.63, 3.8) is 0 Å². The van der Waals surface area contributed by atoms with Crippen LogP contribution in [0.5, 0.6) is 0 Å². The molecule has 0 saturated carbocycles. The average Bonchev–Trinajstić information content (AvgIpc) is 4.15. The number of hydrogen-bond acceptors (Lipinski definition) is 14. The van der Waals surface area contributed by atoms with Gasteiger partial charge in [-0.25, -0.2) is 14.6 Å². The highest BCUT2D eigenvalue weighted by molar-refractivity contribution is 6.30. The Labute approximate surface area is 443 Å². The van der Waals surface area contributed by atoms with Gasteiger partial charge in [-0.15, -0.1) is 26.9 Å². The van der Waals surface area contributed by atoms with Crippen LogP contribution >= 0.6 is 34.8 Å². The molecule has 2 fully saturated rings. The number of H-pyrrole nitrogens is 1.